The second-order valence-electron chi connectivity index (χ2n) is 2.05. The predicted octanol–water partition coefficient (Wildman–Crippen LogP) is 1.89. The second kappa shape index (κ2) is 6.82. The van der Waals surface area contributed by atoms with Crippen molar-refractivity contribution in [1.29, 1.82) is 0 Å². The molecule has 0 aromatic rings. The maximum atomic E-state index is 8.55. The van der Waals surface area contributed by atoms with Gasteiger partial charge in [-0.05, 0) is 32.2 Å². The monoisotopic (exact) mass is 268 g/mol. The summed E-state index contributed by atoms with van der Waals surface area (Å²) in [6, 6.07) is 0. The molecule has 1 atom stereocenters. The first-order valence-corrected chi connectivity index (χ1v) is 4.43. The molecule has 0 saturated carbocycles. The molecule has 0 unspecified atom stereocenters. The van der Waals surface area contributed by atoms with Crippen molar-refractivity contribution in [2.45, 2.75) is 12.5 Å². The molecule has 0 spiro atoms. The van der Waals surface area contributed by atoms with E-state index in [1.54, 1.807) is 19.3 Å². The van der Waals surface area contributed by atoms with Crippen molar-refractivity contribution in [3.63, 3.8) is 0 Å². The van der Waals surface area contributed by atoms with Crippen molar-refractivity contribution in [1.82, 2.24) is 0 Å². The van der Waals surface area contributed by atoms with E-state index in [9.17, 15) is 0 Å². The number of halogens is 1. The minimum atomic E-state index is 0.0599. The van der Waals surface area contributed by atoms with E-state index in [0.717, 1.165) is 10.0 Å². The fourth-order valence-corrected chi connectivity index (χ4v) is 1.27. The first kappa shape index (κ1) is 11.1. The van der Waals surface area contributed by atoms with E-state index in [0.29, 0.717) is 0 Å². The summed E-state index contributed by atoms with van der Waals surface area (Å²) in [5, 5.41) is 8.55. The van der Waals surface area contributed by atoms with Gasteiger partial charge in [0.2, 0.25) is 0 Å². The highest BCUT2D eigenvalue weighted by Crippen LogP contribution is 2.15. The zero-order valence-corrected chi connectivity index (χ0v) is 8.74. The summed E-state index contributed by atoms with van der Waals surface area (Å²) in [7, 11) is 1.65. The van der Waals surface area contributed by atoms with Gasteiger partial charge in [0, 0.05) is 13.5 Å². The molecule has 0 aromatic carbocycles. The third-order valence-corrected chi connectivity index (χ3v) is 2.16. The van der Waals surface area contributed by atoms with Crippen LogP contribution in [0, 0.1) is 0 Å². The SMILES string of the molecule is C=C[C@@H](C/C(I)=C/CO)OC. The van der Waals surface area contributed by atoms with Gasteiger partial charge < -0.3 is 9.84 Å². The zero-order valence-electron chi connectivity index (χ0n) is 6.59. The number of hydrogen-bond donors (Lipinski definition) is 1. The quantitative estimate of drug-likeness (QED) is 0.609. The van der Waals surface area contributed by atoms with Crippen LogP contribution in [-0.4, -0.2) is 24.9 Å². The fourth-order valence-electron chi connectivity index (χ4n) is 0.637. The molecule has 0 radical (unpaired) electrons. The number of rotatable bonds is 5. The Balaban J connectivity index is 3.80. The van der Waals surface area contributed by atoms with Crippen LogP contribution in [0.15, 0.2) is 22.3 Å². The lowest BCUT2D eigenvalue weighted by atomic mass is 10.2. The highest BCUT2D eigenvalue weighted by atomic mass is 127. The molecule has 0 aliphatic heterocycles. The Kier molecular flexibility index (Phi) is 6.90. The van der Waals surface area contributed by atoms with Crippen molar-refractivity contribution in [2.24, 2.45) is 0 Å². The summed E-state index contributed by atoms with van der Waals surface area (Å²) in [6.45, 7) is 3.72. The van der Waals surface area contributed by atoms with E-state index in [1.807, 2.05) is 0 Å². The van der Waals surface area contributed by atoms with Gasteiger partial charge in [0.15, 0.2) is 0 Å². The molecule has 0 aliphatic carbocycles. The van der Waals surface area contributed by atoms with Crippen molar-refractivity contribution in [3.05, 3.63) is 22.3 Å². The van der Waals surface area contributed by atoms with E-state index in [2.05, 4.69) is 29.2 Å². The normalized spacial score (nSPS) is 14.6. The molecule has 11 heavy (non-hydrogen) atoms. The summed E-state index contributed by atoms with van der Waals surface area (Å²) >= 11 is 2.18. The molecule has 2 nitrogen and oxygen atoms in total. The molecule has 0 heterocycles. The number of methoxy groups -OCH3 is 1. The van der Waals surface area contributed by atoms with E-state index in [4.69, 9.17) is 9.84 Å². The molecule has 0 bridgehead atoms. The Morgan fingerprint density at radius 3 is 2.82 bits per heavy atom. The third kappa shape index (κ3) is 5.41. The van der Waals surface area contributed by atoms with Crippen LogP contribution in [0.2, 0.25) is 0 Å². The largest absolute Gasteiger partial charge is 0.392 e. The van der Waals surface area contributed by atoms with Gasteiger partial charge >= 0.3 is 0 Å². The highest BCUT2D eigenvalue weighted by molar-refractivity contribution is 14.1. The molecule has 0 aromatic heterocycles. The average Bonchev–Trinajstić information content (AvgIpc) is 2.01. The van der Waals surface area contributed by atoms with Gasteiger partial charge in [-0.25, -0.2) is 0 Å². The third-order valence-electron chi connectivity index (χ3n) is 1.27. The van der Waals surface area contributed by atoms with Gasteiger partial charge in [0.25, 0.3) is 0 Å². The van der Waals surface area contributed by atoms with E-state index in [1.165, 1.54) is 0 Å². The van der Waals surface area contributed by atoms with Crippen molar-refractivity contribution in [3.8, 4) is 0 Å². The van der Waals surface area contributed by atoms with Gasteiger partial charge in [-0.2, -0.15) is 0 Å². The van der Waals surface area contributed by atoms with Gasteiger partial charge in [0.1, 0.15) is 0 Å². The maximum Gasteiger partial charge on any atom is 0.0794 e. The summed E-state index contributed by atoms with van der Waals surface area (Å²) in [5.74, 6) is 0. The van der Waals surface area contributed by atoms with E-state index in [-0.39, 0.29) is 12.7 Å². The molecule has 64 valence electrons. The lowest BCUT2D eigenvalue weighted by molar-refractivity contribution is 0.143. The number of aliphatic hydroxyl groups is 1. The topological polar surface area (TPSA) is 29.5 Å². The lowest BCUT2D eigenvalue weighted by Crippen LogP contribution is -2.05. The van der Waals surface area contributed by atoms with Crippen molar-refractivity contribution in [2.75, 3.05) is 13.7 Å². The number of aliphatic hydroxyl groups excluding tert-OH is 1. The van der Waals surface area contributed by atoms with Gasteiger partial charge in [0.05, 0.1) is 12.7 Å². The van der Waals surface area contributed by atoms with Crippen LogP contribution in [0.25, 0.3) is 0 Å². The molecule has 0 rings (SSSR count). The van der Waals surface area contributed by atoms with E-state index < -0.39 is 0 Å². The summed E-state index contributed by atoms with van der Waals surface area (Å²) in [5.41, 5.74) is 0. The summed E-state index contributed by atoms with van der Waals surface area (Å²) < 4.78 is 6.17. The maximum absolute atomic E-state index is 8.55. The van der Waals surface area contributed by atoms with Crippen LogP contribution in [0.5, 0.6) is 0 Å². The molecule has 0 saturated heterocycles. The van der Waals surface area contributed by atoms with Crippen LogP contribution < -0.4 is 0 Å². The van der Waals surface area contributed by atoms with Crippen LogP contribution in [0.3, 0.4) is 0 Å². The number of ether oxygens (including phenoxy) is 1. The average molecular weight is 268 g/mol. The van der Waals surface area contributed by atoms with Crippen LogP contribution in [-0.2, 0) is 4.74 Å². The Hall–Kier alpha value is 0.130. The Morgan fingerprint density at radius 2 is 2.45 bits per heavy atom. The van der Waals surface area contributed by atoms with Crippen LogP contribution in [0.4, 0.5) is 0 Å². The smallest absolute Gasteiger partial charge is 0.0794 e. The van der Waals surface area contributed by atoms with Gasteiger partial charge in [-0.15, -0.1) is 6.58 Å². The van der Waals surface area contributed by atoms with Crippen molar-refractivity contribution < 1.29 is 9.84 Å². The minimum Gasteiger partial charge on any atom is -0.392 e. The molecule has 0 amide bonds. The lowest BCUT2D eigenvalue weighted by Gasteiger charge is -2.08. The van der Waals surface area contributed by atoms with Crippen molar-refractivity contribution >= 4 is 22.6 Å². The molecule has 0 aliphatic rings. The Bertz CT molecular complexity index is 143. The zero-order chi connectivity index (χ0) is 8.69. The van der Waals surface area contributed by atoms with Gasteiger partial charge in [-0.3, -0.25) is 0 Å². The van der Waals surface area contributed by atoms with Gasteiger partial charge in [-0.1, -0.05) is 6.08 Å². The Morgan fingerprint density at radius 1 is 1.82 bits per heavy atom. The molecule has 3 heteroatoms. The molecular weight excluding hydrogens is 255 g/mol. The molecule has 1 N–H and O–H groups in total. The molecule has 0 fully saturated rings. The van der Waals surface area contributed by atoms with Crippen LogP contribution in [0.1, 0.15) is 6.42 Å². The Labute approximate surface area is 81.1 Å². The number of hydrogen-bond acceptors (Lipinski definition) is 2. The first-order valence-electron chi connectivity index (χ1n) is 3.35. The minimum absolute atomic E-state index is 0.0599. The van der Waals surface area contributed by atoms with E-state index >= 15 is 0 Å². The standard InChI is InChI=1S/C8H13IO2/c1-3-8(11-2)6-7(9)4-5-10/h3-4,8,10H,1,5-6H2,2H3/b7-4-/t8-/m0/s1. The molecular formula is C8H13IO2. The summed E-state index contributed by atoms with van der Waals surface area (Å²) in [6.07, 6.45) is 4.37. The summed E-state index contributed by atoms with van der Waals surface area (Å²) in [4.78, 5) is 0. The highest BCUT2D eigenvalue weighted by Gasteiger charge is 2.02. The van der Waals surface area contributed by atoms with Crippen LogP contribution >= 0.6 is 22.6 Å². The fraction of sp³-hybridized carbons (Fsp3) is 0.500. The first-order chi connectivity index (χ1) is 5.24. The second-order valence-corrected chi connectivity index (χ2v) is 3.43. The predicted molar refractivity (Wildman–Crippen MR) is 54.8 cm³/mol.